The highest BCUT2D eigenvalue weighted by atomic mass is 16.5. The third kappa shape index (κ3) is 1.35. The lowest BCUT2D eigenvalue weighted by Gasteiger charge is -2.01. The SMILES string of the molecule is Nc1nc(OCC=O)c2[nH]cnc2n1. The van der Waals surface area contributed by atoms with Crippen molar-refractivity contribution >= 4 is 23.4 Å². The minimum atomic E-state index is -0.0788. The third-order valence-electron chi connectivity index (χ3n) is 1.56. The highest BCUT2D eigenvalue weighted by Crippen LogP contribution is 2.18. The van der Waals surface area contributed by atoms with Gasteiger partial charge in [0.2, 0.25) is 11.8 Å². The average molecular weight is 193 g/mol. The summed E-state index contributed by atoms with van der Waals surface area (Å²) in [5.74, 6) is 0.294. The van der Waals surface area contributed by atoms with E-state index in [1.165, 1.54) is 6.33 Å². The number of aromatic amines is 1. The van der Waals surface area contributed by atoms with Gasteiger partial charge in [-0.2, -0.15) is 9.97 Å². The van der Waals surface area contributed by atoms with Crippen LogP contribution in [0.25, 0.3) is 11.2 Å². The standard InChI is InChI=1S/C7H7N5O2/c8-7-11-5-4(9-3-10-5)6(12-7)14-2-1-13/h1,3H,2H2,(H3,8,9,10,11,12). The fraction of sp³-hybridized carbons (Fsp3) is 0.143. The molecule has 0 amide bonds. The molecule has 2 aromatic rings. The molecule has 0 unspecified atom stereocenters. The van der Waals surface area contributed by atoms with Gasteiger partial charge in [0.1, 0.15) is 12.1 Å². The number of hydrogen-bond acceptors (Lipinski definition) is 6. The molecule has 0 aliphatic carbocycles. The number of ether oxygens (including phenoxy) is 1. The van der Waals surface area contributed by atoms with E-state index in [0.717, 1.165) is 0 Å². The monoisotopic (exact) mass is 193 g/mol. The van der Waals surface area contributed by atoms with Gasteiger partial charge >= 0.3 is 0 Å². The molecule has 0 aliphatic rings. The maximum Gasteiger partial charge on any atom is 0.245 e. The largest absolute Gasteiger partial charge is 0.468 e. The van der Waals surface area contributed by atoms with E-state index in [1.807, 2.05) is 0 Å². The summed E-state index contributed by atoms with van der Waals surface area (Å²) in [5.41, 5.74) is 6.36. The minimum absolute atomic E-state index is 0.0606. The Hall–Kier alpha value is -2.18. The Balaban J connectivity index is 2.49. The molecule has 0 aromatic carbocycles. The molecule has 3 N–H and O–H groups in total. The van der Waals surface area contributed by atoms with E-state index in [9.17, 15) is 4.79 Å². The molecular weight excluding hydrogens is 186 g/mol. The molecular formula is C7H7N5O2. The second-order valence-corrected chi connectivity index (χ2v) is 2.47. The van der Waals surface area contributed by atoms with Crippen molar-refractivity contribution in [3.8, 4) is 5.88 Å². The summed E-state index contributed by atoms with van der Waals surface area (Å²) in [6, 6.07) is 0. The Kier molecular flexibility index (Phi) is 1.98. The number of rotatable bonds is 3. The van der Waals surface area contributed by atoms with E-state index in [1.54, 1.807) is 0 Å². The van der Waals surface area contributed by atoms with Crippen molar-refractivity contribution < 1.29 is 9.53 Å². The van der Waals surface area contributed by atoms with Gasteiger partial charge in [0.05, 0.1) is 6.33 Å². The molecule has 0 atom stereocenters. The van der Waals surface area contributed by atoms with Gasteiger partial charge in [0.15, 0.2) is 11.9 Å². The van der Waals surface area contributed by atoms with Crippen LogP contribution in [0, 0.1) is 0 Å². The summed E-state index contributed by atoms with van der Waals surface area (Å²) in [5, 5.41) is 0. The quantitative estimate of drug-likeness (QED) is 0.637. The lowest BCUT2D eigenvalue weighted by Crippen LogP contribution is -2.03. The number of carbonyl (C=O) groups excluding carboxylic acids is 1. The molecule has 7 nitrogen and oxygen atoms in total. The van der Waals surface area contributed by atoms with E-state index in [0.29, 0.717) is 17.5 Å². The number of nitrogens with two attached hydrogens (primary N) is 1. The molecule has 2 rings (SSSR count). The van der Waals surface area contributed by atoms with Gasteiger partial charge in [0, 0.05) is 0 Å². The first-order valence-electron chi connectivity index (χ1n) is 3.84. The predicted octanol–water partition coefficient (Wildman–Crippen LogP) is -0.487. The first kappa shape index (κ1) is 8.42. The number of imidazole rings is 1. The average Bonchev–Trinajstić information content (AvgIpc) is 2.61. The Morgan fingerprint density at radius 1 is 1.57 bits per heavy atom. The molecule has 0 radical (unpaired) electrons. The number of fused-ring (bicyclic) bond motifs is 1. The van der Waals surface area contributed by atoms with Gasteiger partial charge in [-0.3, -0.25) is 4.79 Å². The second kappa shape index (κ2) is 3.29. The Bertz CT molecular complexity index is 466. The van der Waals surface area contributed by atoms with Crippen LogP contribution in [0.1, 0.15) is 0 Å². The Morgan fingerprint density at radius 3 is 3.21 bits per heavy atom. The van der Waals surface area contributed by atoms with Gasteiger partial charge < -0.3 is 15.5 Å². The smallest absolute Gasteiger partial charge is 0.245 e. The summed E-state index contributed by atoms with van der Waals surface area (Å²) in [4.78, 5) is 24.5. The summed E-state index contributed by atoms with van der Waals surface area (Å²) in [6.07, 6.45) is 2.08. The highest BCUT2D eigenvalue weighted by Gasteiger charge is 2.08. The molecule has 2 aromatic heterocycles. The van der Waals surface area contributed by atoms with Gasteiger partial charge in [-0.15, -0.1) is 0 Å². The number of carbonyl (C=O) groups is 1. The zero-order valence-corrected chi connectivity index (χ0v) is 7.10. The molecule has 0 saturated heterocycles. The molecule has 7 heteroatoms. The van der Waals surface area contributed by atoms with Gasteiger partial charge in [0.25, 0.3) is 0 Å². The van der Waals surface area contributed by atoms with Crippen LogP contribution >= 0.6 is 0 Å². The Labute approximate surface area is 78.3 Å². The van der Waals surface area contributed by atoms with Crippen molar-refractivity contribution in [2.75, 3.05) is 12.3 Å². The van der Waals surface area contributed by atoms with E-state index < -0.39 is 0 Å². The molecule has 2 heterocycles. The number of anilines is 1. The van der Waals surface area contributed by atoms with Crippen LogP contribution < -0.4 is 10.5 Å². The van der Waals surface area contributed by atoms with Crippen molar-refractivity contribution in [1.29, 1.82) is 0 Å². The maximum atomic E-state index is 10.1. The van der Waals surface area contributed by atoms with Crippen LogP contribution in [0.4, 0.5) is 5.95 Å². The molecule has 0 spiro atoms. The highest BCUT2D eigenvalue weighted by molar-refractivity contribution is 5.76. The minimum Gasteiger partial charge on any atom is -0.468 e. The van der Waals surface area contributed by atoms with Crippen molar-refractivity contribution in [3.63, 3.8) is 0 Å². The zero-order valence-electron chi connectivity index (χ0n) is 7.10. The van der Waals surface area contributed by atoms with Gasteiger partial charge in [-0.1, -0.05) is 0 Å². The summed E-state index contributed by atoms with van der Waals surface area (Å²) in [6.45, 7) is -0.0788. The number of nitrogens with zero attached hydrogens (tertiary/aromatic N) is 3. The number of aldehydes is 1. The van der Waals surface area contributed by atoms with Crippen LogP contribution in [0.15, 0.2) is 6.33 Å². The Morgan fingerprint density at radius 2 is 2.43 bits per heavy atom. The first-order valence-corrected chi connectivity index (χ1v) is 3.84. The number of hydrogen-bond donors (Lipinski definition) is 2. The van der Waals surface area contributed by atoms with Crippen molar-refractivity contribution in [2.24, 2.45) is 0 Å². The third-order valence-corrected chi connectivity index (χ3v) is 1.56. The van der Waals surface area contributed by atoms with E-state index in [-0.39, 0.29) is 18.4 Å². The van der Waals surface area contributed by atoms with Crippen molar-refractivity contribution in [2.45, 2.75) is 0 Å². The normalized spacial score (nSPS) is 10.3. The van der Waals surface area contributed by atoms with Crippen LogP contribution in [-0.4, -0.2) is 32.8 Å². The molecule has 0 aliphatic heterocycles. The number of H-pyrrole nitrogens is 1. The number of aromatic nitrogens is 4. The topological polar surface area (TPSA) is 107 Å². The van der Waals surface area contributed by atoms with Crippen LogP contribution in [0.3, 0.4) is 0 Å². The van der Waals surface area contributed by atoms with Gasteiger partial charge in [-0.25, -0.2) is 4.98 Å². The lowest BCUT2D eigenvalue weighted by atomic mass is 10.5. The first-order chi connectivity index (χ1) is 6.81. The second-order valence-electron chi connectivity index (χ2n) is 2.47. The fourth-order valence-corrected chi connectivity index (χ4v) is 1.04. The van der Waals surface area contributed by atoms with Crippen LogP contribution in [0.2, 0.25) is 0 Å². The molecule has 0 bridgehead atoms. The lowest BCUT2D eigenvalue weighted by molar-refractivity contribution is -0.109. The maximum absolute atomic E-state index is 10.1. The predicted molar refractivity (Wildman–Crippen MR) is 47.7 cm³/mol. The number of nitrogens with one attached hydrogen (secondary N) is 1. The summed E-state index contributed by atoms with van der Waals surface area (Å²) < 4.78 is 5.04. The molecule has 72 valence electrons. The molecule has 0 saturated carbocycles. The van der Waals surface area contributed by atoms with Crippen molar-refractivity contribution in [3.05, 3.63) is 6.33 Å². The molecule has 0 fully saturated rings. The molecule has 14 heavy (non-hydrogen) atoms. The van der Waals surface area contributed by atoms with E-state index >= 15 is 0 Å². The fourth-order valence-electron chi connectivity index (χ4n) is 1.04. The zero-order chi connectivity index (χ0) is 9.97. The summed E-state index contributed by atoms with van der Waals surface area (Å²) in [7, 11) is 0. The van der Waals surface area contributed by atoms with Crippen LogP contribution in [-0.2, 0) is 4.79 Å². The van der Waals surface area contributed by atoms with Crippen LogP contribution in [0.5, 0.6) is 5.88 Å². The van der Waals surface area contributed by atoms with E-state index in [4.69, 9.17) is 10.5 Å². The number of nitrogen functional groups attached to an aromatic ring is 1. The van der Waals surface area contributed by atoms with Crippen molar-refractivity contribution in [1.82, 2.24) is 19.9 Å². The van der Waals surface area contributed by atoms with Gasteiger partial charge in [-0.05, 0) is 0 Å². The van der Waals surface area contributed by atoms with E-state index in [2.05, 4.69) is 19.9 Å². The summed E-state index contributed by atoms with van der Waals surface area (Å²) >= 11 is 0.